The molecule has 0 amide bonds. The lowest BCUT2D eigenvalue weighted by molar-refractivity contribution is 0.315. The van der Waals surface area contributed by atoms with Crippen molar-refractivity contribution in [2.45, 2.75) is 45.4 Å². The zero-order chi connectivity index (χ0) is 16.2. The number of hydrogen-bond donors (Lipinski definition) is 1. The number of rotatable bonds is 7. The summed E-state index contributed by atoms with van der Waals surface area (Å²) in [5.41, 5.74) is 2.81. The van der Waals surface area contributed by atoms with Crippen molar-refractivity contribution in [3.63, 3.8) is 0 Å². The highest BCUT2D eigenvalue weighted by Gasteiger charge is 2.25. The van der Waals surface area contributed by atoms with Crippen LogP contribution in [0.1, 0.15) is 38.3 Å². The summed E-state index contributed by atoms with van der Waals surface area (Å²) in [6.07, 6.45) is 2.12. The topological polar surface area (TPSA) is 49.4 Å². The first-order valence-electron chi connectivity index (χ1n) is 8.20. The van der Waals surface area contributed by atoms with Gasteiger partial charge in [-0.3, -0.25) is 4.90 Å². The van der Waals surface area contributed by atoms with E-state index in [-0.39, 0.29) is 5.25 Å². The van der Waals surface area contributed by atoms with Crippen LogP contribution in [0.15, 0.2) is 24.3 Å². The first-order chi connectivity index (χ1) is 10.4. The van der Waals surface area contributed by atoms with Crippen LogP contribution in [0.4, 0.5) is 0 Å². The second kappa shape index (κ2) is 7.57. The number of sulfonamides is 1. The zero-order valence-electron chi connectivity index (χ0n) is 13.9. The van der Waals surface area contributed by atoms with Gasteiger partial charge in [0.15, 0.2) is 0 Å². The van der Waals surface area contributed by atoms with Crippen LogP contribution in [-0.4, -0.2) is 38.2 Å². The number of hydrogen-bond acceptors (Lipinski definition) is 3. The van der Waals surface area contributed by atoms with E-state index < -0.39 is 10.0 Å². The normalized spacial score (nSPS) is 19.9. The molecule has 0 aliphatic carbocycles. The third kappa shape index (κ3) is 4.54. The molecular weight excluding hydrogens is 296 g/mol. The van der Waals surface area contributed by atoms with Crippen molar-refractivity contribution in [3.8, 4) is 0 Å². The molecule has 22 heavy (non-hydrogen) atoms. The van der Waals surface area contributed by atoms with Crippen LogP contribution in [0.3, 0.4) is 0 Å². The van der Waals surface area contributed by atoms with Gasteiger partial charge >= 0.3 is 0 Å². The Bertz CT molecular complexity index is 584. The molecule has 1 aliphatic heterocycles. The van der Waals surface area contributed by atoms with Crippen molar-refractivity contribution < 1.29 is 8.42 Å². The SMILES string of the molecule is CCc1ccccc1CN1CCC(CNS(=O)(=O)C(C)C)C1. The van der Waals surface area contributed by atoms with Crippen molar-refractivity contribution in [2.24, 2.45) is 5.92 Å². The van der Waals surface area contributed by atoms with Crippen molar-refractivity contribution in [1.29, 1.82) is 0 Å². The number of benzene rings is 1. The van der Waals surface area contributed by atoms with E-state index in [0.29, 0.717) is 12.5 Å². The van der Waals surface area contributed by atoms with Crippen LogP contribution in [0.2, 0.25) is 0 Å². The van der Waals surface area contributed by atoms with Crippen LogP contribution >= 0.6 is 0 Å². The summed E-state index contributed by atoms with van der Waals surface area (Å²) in [4.78, 5) is 2.43. The van der Waals surface area contributed by atoms with Gasteiger partial charge < -0.3 is 0 Å². The molecule has 124 valence electrons. The minimum absolute atomic E-state index is 0.360. The van der Waals surface area contributed by atoms with E-state index in [4.69, 9.17) is 0 Å². The summed E-state index contributed by atoms with van der Waals surface area (Å²) >= 11 is 0. The summed E-state index contributed by atoms with van der Waals surface area (Å²) < 4.78 is 26.4. The molecule has 1 aliphatic rings. The third-order valence-electron chi connectivity index (χ3n) is 4.46. The minimum Gasteiger partial charge on any atom is -0.299 e. The Kier molecular flexibility index (Phi) is 6.01. The van der Waals surface area contributed by atoms with Gasteiger partial charge in [0, 0.05) is 19.6 Å². The highest BCUT2D eigenvalue weighted by Crippen LogP contribution is 2.20. The van der Waals surface area contributed by atoms with Crippen molar-refractivity contribution >= 4 is 10.0 Å². The second-order valence-corrected chi connectivity index (χ2v) is 8.78. The predicted molar refractivity (Wildman–Crippen MR) is 91.3 cm³/mol. The molecule has 1 atom stereocenters. The molecule has 0 aromatic heterocycles. The average Bonchev–Trinajstić information content (AvgIpc) is 2.93. The Morgan fingerprint density at radius 1 is 1.27 bits per heavy atom. The Morgan fingerprint density at radius 3 is 2.59 bits per heavy atom. The Balaban J connectivity index is 1.85. The molecule has 2 rings (SSSR count). The molecule has 0 bridgehead atoms. The Labute approximate surface area is 135 Å². The van der Waals surface area contributed by atoms with E-state index in [1.54, 1.807) is 13.8 Å². The van der Waals surface area contributed by atoms with Gasteiger partial charge in [-0.05, 0) is 50.3 Å². The third-order valence-corrected chi connectivity index (χ3v) is 6.27. The van der Waals surface area contributed by atoms with E-state index in [9.17, 15) is 8.42 Å². The van der Waals surface area contributed by atoms with Gasteiger partial charge in [-0.1, -0.05) is 31.2 Å². The largest absolute Gasteiger partial charge is 0.299 e. The first-order valence-corrected chi connectivity index (χ1v) is 9.74. The van der Waals surface area contributed by atoms with Gasteiger partial charge in [-0.2, -0.15) is 0 Å². The smallest absolute Gasteiger partial charge is 0.213 e. The summed E-state index contributed by atoms with van der Waals surface area (Å²) in [6.45, 7) is 9.16. The monoisotopic (exact) mass is 324 g/mol. The van der Waals surface area contributed by atoms with E-state index >= 15 is 0 Å². The molecule has 0 saturated carbocycles. The number of likely N-dealkylation sites (tertiary alicyclic amines) is 1. The molecule has 5 heteroatoms. The average molecular weight is 324 g/mol. The Hall–Kier alpha value is -0.910. The number of aryl methyl sites for hydroxylation is 1. The fourth-order valence-electron chi connectivity index (χ4n) is 2.92. The van der Waals surface area contributed by atoms with Gasteiger partial charge in [0.05, 0.1) is 5.25 Å². The van der Waals surface area contributed by atoms with Gasteiger partial charge in [-0.15, -0.1) is 0 Å². The van der Waals surface area contributed by atoms with Crippen LogP contribution in [0, 0.1) is 5.92 Å². The van der Waals surface area contributed by atoms with E-state index in [1.807, 2.05) is 0 Å². The highest BCUT2D eigenvalue weighted by molar-refractivity contribution is 7.90. The van der Waals surface area contributed by atoms with Crippen LogP contribution < -0.4 is 4.72 Å². The standard InChI is InChI=1S/C17H28N2O2S/c1-4-16-7-5-6-8-17(16)13-19-10-9-15(12-19)11-18-22(20,21)14(2)3/h5-8,14-15,18H,4,9-13H2,1-3H3. The second-order valence-electron chi connectivity index (χ2n) is 6.45. The summed E-state index contributed by atoms with van der Waals surface area (Å²) in [5, 5.41) is -0.360. The number of nitrogens with one attached hydrogen (secondary N) is 1. The quantitative estimate of drug-likeness (QED) is 0.838. The molecule has 0 spiro atoms. The maximum Gasteiger partial charge on any atom is 0.213 e. The van der Waals surface area contributed by atoms with Gasteiger partial charge in [0.25, 0.3) is 0 Å². The molecule has 1 saturated heterocycles. The minimum atomic E-state index is -3.14. The van der Waals surface area contributed by atoms with Crippen LogP contribution in [0.25, 0.3) is 0 Å². The zero-order valence-corrected chi connectivity index (χ0v) is 14.7. The van der Waals surface area contributed by atoms with Gasteiger partial charge in [0.1, 0.15) is 0 Å². The molecule has 1 N–H and O–H groups in total. The Morgan fingerprint density at radius 2 is 1.95 bits per heavy atom. The van der Waals surface area contributed by atoms with Crippen LogP contribution in [-0.2, 0) is 23.0 Å². The molecule has 1 heterocycles. The molecule has 1 aromatic rings. The molecule has 1 unspecified atom stereocenters. The van der Waals surface area contributed by atoms with E-state index in [1.165, 1.54) is 11.1 Å². The van der Waals surface area contributed by atoms with Crippen LogP contribution in [0.5, 0.6) is 0 Å². The fraction of sp³-hybridized carbons (Fsp3) is 0.647. The maximum absolute atomic E-state index is 11.8. The van der Waals surface area contributed by atoms with Gasteiger partial charge in [-0.25, -0.2) is 13.1 Å². The lowest BCUT2D eigenvalue weighted by Gasteiger charge is -2.18. The molecule has 1 fully saturated rings. The molecular formula is C17H28N2O2S. The molecule has 4 nitrogen and oxygen atoms in total. The summed E-state index contributed by atoms with van der Waals surface area (Å²) in [6, 6.07) is 8.59. The maximum atomic E-state index is 11.8. The van der Waals surface area contributed by atoms with E-state index in [0.717, 1.165) is 32.5 Å². The highest BCUT2D eigenvalue weighted by atomic mass is 32.2. The lowest BCUT2D eigenvalue weighted by atomic mass is 10.1. The number of nitrogens with zero attached hydrogens (tertiary/aromatic N) is 1. The van der Waals surface area contributed by atoms with Crippen molar-refractivity contribution in [3.05, 3.63) is 35.4 Å². The van der Waals surface area contributed by atoms with E-state index in [2.05, 4.69) is 40.8 Å². The van der Waals surface area contributed by atoms with Crippen molar-refractivity contribution in [1.82, 2.24) is 9.62 Å². The first kappa shape index (κ1) is 17.4. The summed E-state index contributed by atoms with van der Waals surface area (Å²) in [7, 11) is -3.14. The lowest BCUT2D eigenvalue weighted by Crippen LogP contribution is -2.35. The molecule has 0 radical (unpaired) electrons. The van der Waals surface area contributed by atoms with Gasteiger partial charge in [0.2, 0.25) is 10.0 Å². The fourth-order valence-corrected chi connectivity index (χ4v) is 3.72. The summed E-state index contributed by atoms with van der Waals surface area (Å²) in [5.74, 6) is 0.419. The van der Waals surface area contributed by atoms with Crippen molar-refractivity contribution in [2.75, 3.05) is 19.6 Å². The predicted octanol–water partition coefficient (Wildman–Crippen LogP) is 2.40. The molecule has 1 aromatic carbocycles.